The summed E-state index contributed by atoms with van der Waals surface area (Å²) in [6.07, 6.45) is 5.55. The van der Waals surface area contributed by atoms with Crippen molar-refractivity contribution in [3.05, 3.63) is 23.7 Å². The molecule has 0 aliphatic rings. The zero-order valence-corrected chi connectivity index (χ0v) is 6.77. The normalized spacial score (nSPS) is 9.70. The molecule has 0 atom stereocenters. The van der Waals surface area contributed by atoms with Gasteiger partial charge >= 0.3 is 0 Å². The molecule has 54 valence electrons. The summed E-state index contributed by atoms with van der Waals surface area (Å²) in [6.45, 7) is 6.60. The Balaban J connectivity index is 3.21. The number of aryl methyl sites for hydroxylation is 1. The monoisotopic (exact) mass is 154 g/mol. The van der Waals surface area contributed by atoms with Gasteiger partial charge in [0.25, 0.3) is 0 Å². The summed E-state index contributed by atoms with van der Waals surface area (Å²) in [4.78, 5) is 0. The fourth-order valence-electron chi connectivity index (χ4n) is 0.808. The molecule has 0 aliphatic heterocycles. The van der Waals surface area contributed by atoms with Gasteiger partial charge in [0.15, 0.2) is 4.77 Å². The molecule has 2 nitrogen and oxygen atoms in total. The number of nitrogens with zero attached hydrogens (tertiary/aromatic N) is 2. The number of aromatic nitrogens is 2. The van der Waals surface area contributed by atoms with Gasteiger partial charge in [-0.05, 0) is 19.1 Å². The molecule has 0 aromatic carbocycles. The van der Waals surface area contributed by atoms with Gasteiger partial charge in [-0.2, -0.15) is 0 Å². The molecule has 0 amide bonds. The van der Waals surface area contributed by atoms with Crippen molar-refractivity contribution in [2.75, 3.05) is 0 Å². The Bertz CT molecular complexity index is 282. The second-order valence-electron chi connectivity index (χ2n) is 1.96. The molecule has 0 spiro atoms. The van der Waals surface area contributed by atoms with Gasteiger partial charge in [-0.25, -0.2) is 0 Å². The van der Waals surface area contributed by atoms with Crippen LogP contribution < -0.4 is 0 Å². The van der Waals surface area contributed by atoms with Crippen molar-refractivity contribution in [1.82, 2.24) is 9.13 Å². The third-order valence-electron chi connectivity index (χ3n) is 1.41. The van der Waals surface area contributed by atoms with Crippen molar-refractivity contribution in [3.8, 4) is 0 Å². The molecule has 0 aliphatic carbocycles. The largest absolute Gasteiger partial charge is 0.324 e. The molecule has 1 rings (SSSR count). The van der Waals surface area contributed by atoms with Crippen molar-refractivity contribution >= 4 is 18.4 Å². The number of hydrogen-bond acceptors (Lipinski definition) is 1. The summed E-state index contributed by atoms with van der Waals surface area (Å²) in [5.74, 6) is 0. The van der Waals surface area contributed by atoms with E-state index in [0.29, 0.717) is 0 Å². The van der Waals surface area contributed by atoms with Crippen molar-refractivity contribution in [2.24, 2.45) is 0 Å². The maximum atomic E-state index is 5.08. The van der Waals surface area contributed by atoms with E-state index in [1.54, 1.807) is 6.20 Å². The summed E-state index contributed by atoms with van der Waals surface area (Å²) in [5, 5.41) is 0. The van der Waals surface area contributed by atoms with Crippen LogP contribution in [0.5, 0.6) is 0 Å². The van der Waals surface area contributed by atoms with E-state index in [-0.39, 0.29) is 0 Å². The lowest BCUT2D eigenvalue weighted by molar-refractivity contribution is 0.741. The van der Waals surface area contributed by atoms with Crippen LogP contribution in [0.2, 0.25) is 0 Å². The highest BCUT2D eigenvalue weighted by Crippen LogP contribution is 1.96. The highest BCUT2D eigenvalue weighted by atomic mass is 32.1. The summed E-state index contributed by atoms with van der Waals surface area (Å²) in [5.41, 5.74) is 0. The van der Waals surface area contributed by atoms with Gasteiger partial charge in [-0.15, -0.1) is 0 Å². The van der Waals surface area contributed by atoms with E-state index in [4.69, 9.17) is 12.2 Å². The smallest absolute Gasteiger partial charge is 0.183 e. The SMILES string of the molecule is C=Cn1ccn(CC)c1=S. The molecule has 0 fully saturated rings. The molecule has 1 aromatic rings. The quantitative estimate of drug-likeness (QED) is 0.593. The highest BCUT2D eigenvalue weighted by molar-refractivity contribution is 7.71. The van der Waals surface area contributed by atoms with E-state index in [2.05, 4.69) is 13.5 Å². The van der Waals surface area contributed by atoms with Gasteiger partial charge in [0.2, 0.25) is 0 Å². The maximum absolute atomic E-state index is 5.08. The number of rotatable bonds is 2. The fourth-order valence-corrected chi connectivity index (χ4v) is 1.13. The number of hydrogen-bond donors (Lipinski definition) is 0. The van der Waals surface area contributed by atoms with Gasteiger partial charge in [0.05, 0.1) is 0 Å². The van der Waals surface area contributed by atoms with Crippen LogP contribution in [0.15, 0.2) is 19.0 Å². The minimum atomic E-state index is 0.803. The first-order valence-corrected chi connectivity index (χ1v) is 3.60. The molecule has 3 heteroatoms. The third-order valence-corrected chi connectivity index (χ3v) is 1.86. The van der Waals surface area contributed by atoms with E-state index in [0.717, 1.165) is 11.3 Å². The predicted molar refractivity (Wildman–Crippen MR) is 45.3 cm³/mol. The molecule has 1 aromatic heterocycles. The topological polar surface area (TPSA) is 9.86 Å². The Morgan fingerprint density at radius 1 is 1.70 bits per heavy atom. The van der Waals surface area contributed by atoms with E-state index in [9.17, 15) is 0 Å². The van der Waals surface area contributed by atoms with Gasteiger partial charge in [-0.1, -0.05) is 6.58 Å². The lowest BCUT2D eigenvalue weighted by atomic mass is 10.7. The van der Waals surface area contributed by atoms with Crippen molar-refractivity contribution in [2.45, 2.75) is 13.5 Å². The van der Waals surface area contributed by atoms with Crippen molar-refractivity contribution in [3.63, 3.8) is 0 Å². The first-order valence-electron chi connectivity index (χ1n) is 3.19. The van der Waals surface area contributed by atoms with Gasteiger partial charge in [-0.3, -0.25) is 4.57 Å². The first-order chi connectivity index (χ1) is 4.79. The van der Waals surface area contributed by atoms with Crippen LogP contribution in [0.25, 0.3) is 6.20 Å². The average molecular weight is 154 g/mol. The predicted octanol–water partition coefficient (Wildman–Crippen LogP) is 2.14. The second kappa shape index (κ2) is 2.84. The minimum absolute atomic E-state index is 0.803. The van der Waals surface area contributed by atoms with Gasteiger partial charge < -0.3 is 4.57 Å². The third kappa shape index (κ3) is 1.04. The Kier molecular flexibility index (Phi) is 2.06. The van der Waals surface area contributed by atoms with Crippen LogP contribution >= 0.6 is 12.2 Å². The lowest BCUT2D eigenvalue weighted by Gasteiger charge is -1.93. The molecule has 10 heavy (non-hydrogen) atoms. The summed E-state index contributed by atoms with van der Waals surface area (Å²) < 4.78 is 4.60. The fraction of sp³-hybridized carbons (Fsp3) is 0.286. The van der Waals surface area contributed by atoms with Gasteiger partial charge in [0, 0.05) is 25.1 Å². The summed E-state index contributed by atoms with van der Waals surface area (Å²) in [6, 6.07) is 0. The van der Waals surface area contributed by atoms with Crippen LogP contribution in [0.3, 0.4) is 0 Å². The molecular formula is C7H10N2S. The molecule has 0 saturated heterocycles. The Labute approximate surface area is 65.4 Å². The summed E-state index contributed by atoms with van der Waals surface area (Å²) >= 11 is 5.08. The number of imidazole rings is 1. The molecule has 0 radical (unpaired) electrons. The van der Waals surface area contributed by atoms with E-state index >= 15 is 0 Å². The first kappa shape index (κ1) is 7.28. The second-order valence-corrected chi connectivity index (χ2v) is 2.32. The van der Waals surface area contributed by atoms with Crippen LogP contribution in [0, 0.1) is 4.77 Å². The zero-order valence-electron chi connectivity index (χ0n) is 5.95. The van der Waals surface area contributed by atoms with E-state index in [1.165, 1.54) is 0 Å². The molecule has 0 unspecified atom stereocenters. The van der Waals surface area contributed by atoms with Crippen LogP contribution in [-0.4, -0.2) is 9.13 Å². The Morgan fingerprint density at radius 3 is 2.70 bits per heavy atom. The highest BCUT2D eigenvalue weighted by Gasteiger charge is 1.91. The molecule has 0 N–H and O–H groups in total. The van der Waals surface area contributed by atoms with E-state index < -0.39 is 0 Å². The van der Waals surface area contributed by atoms with Crippen molar-refractivity contribution < 1.29 is 0 Å². The van der Waals surface area contributed by atoms with Crippen molar-refractivity contribution in [1.29, 1.82) is 0 Å². The Hall–Kier alpha value is -0.830. The standard InChI is InChI=1S/C7H10N2S/c1-3-8-5-6-9(4-2)7(8)10/h3,5-6H,1,4H2,2H3. The maximum Gasteiger partial charge on any atom is 0.183 e. The zero-order chi connectivity index (χ0) is 7.56. The Morgan fingerprint density at radius 2 is 2.40 bits per heavy atom. The van der Waals surface area contributed by atoms with Crippen LogP contribution in [0.1, 0.15) is 6.92 Å². The lowest BCUT2D eigenvalue weighted by Crippen LogP contribution is -1.93. The minimum Gasteiger partial charge on any atom is -0.324 e. The molecule has 0 saturated carbocycles. The average Bonchev–Trinajstić information content (AvgIpc) is 2.30. The molecule has 0 bridgehead atoms. The van der Waals surface area contributed by atoms with Crippen LogP contribution in [-0.2, 0) is 6.54 Å². The summed E-state index contributed by atoms with van der Waals surface area (Å²) in [7, 11) is 0. The molecular weight excluding hydrogens is 144 g/mol. The van der Waals surface area contributed by atoms with Gasteiger partial charge in [0.1, 0.15) is 0 Å². The van der Waals surface area contributed by atoms with Crippen LogP contribution in [0.4, 0.5) is 0 Å². The molecule has 1 heterocycles. The van der Waals surface area contributed by atoms with E-state index in [1.807, 2.05) is 21.5 Å².